The molecule has 0 bridgehead atoms. The lowest BCUT2D eigenvalue weighted by atomic mass is 10.0. The lowest BCUT2D eigenvalue weighted by Gasteiger charge is -2.12. The summed E-state index contributed by atoms with van der Waals surface area (Å²) in [5.41, 5.74) is 1.44. The molecule has 0 spiro atoms. The van der Waals surface area contributed by atoms with E-state index in [1.807, 2.05) is 18.2 Å². The average molecular weight is 262 g/mol. The molecule has 0 aliphatic carbocycles. The van der Waals surface area contributed by atoms with Crippen LogP contribution in [0.1, 0.15) is 18.4 Å². The summed E-state index contributed by atoms with van der Waals surface area (Å²) >= 11 is 0. The minimum absolute atomic E-state index is 0.0498. The molecule has 19 heavy (non-hydrogen) atoms. The molecule has 5 heteroatoms. The minimum Gasteiger partial charge on any atom is -0.453 e. The smallest absolute Gasteiger partial charge is 0.411 e. The van der Waals surface area contributed by atoms with Crippen molar-refractivity contribution in [1.29, 1.82) is 0 Å². The number of hydrogen-bond acceptors (Lipinski definition) is 4. The number of ether oxygens (including phenoxy) is 1. The zero-order valence-electron chi connectivity index (χ0n) is 10.9. The summed E-state index contributed by atoms with van der Waals surface area (Å²) in [5.74, 6) is 0.164. The highest BCUT2D eigenvalue weighted by Crippen LogP contribution is 2.18. The first-order valence-electron chi connectivity index (χ1n) is 6.39. The number of para-hydroxylation sites is 1. The number of Topliss-reactive ketones (excluding diaryl/α,β-unsaturated/α-hetero) is 1. The van der Waals surface area contributed by atoms with E-state index in [2.05, 4.69) is 15.4 Å². The fourth-order valence-electron chi connectivity index (χ4n) is 2.23. The average Bonchev–Trinajstić information content (AvgIpc) is 2.95. The number of amides is 1. The topological polar surface area (TPSA) is 67.4 Å². The van der Waals surface area contributed by atoms with E-state index in [0.29, 0.717) is 12.1 Å². The fourth-order valence-corrected chi connectivity index (χ4v) is 2.23. The van der Waals surface area contributed by atoms with Gasteiger partial charge in [0.2, 0.25) is 0 Å². The van der Waals surface area contributed by atoms with E-state index in [1.165, 1.54) is 7.11 Å². The zero-order valence-corrected chi connectivity index (χ0v) is 10.9. The summed E-state index contributed by atoms with van der Waals surface area (Å²) in [7, 11) is 1.31. The van der Waals surface area contributed by atoms with E-state index in [9.17, 15) is 9.59 Å². The maximum Gasteiger partial charge on any atom is 0.411 e. The Morgan fingerprint density at radius 3 is 2.89 bits per heavy atom. The van der Waals surface area contributed by atoms with E-state index >= 15 is 0 Å². The van der Waals surface area contributed by atoms with Crippen LogP contribution in [-0.4, -0.2) is 31.6 Å². The van der Waals surface area contributed by atoms with Gasteiger partial charge < -0.3 is 10.1 Å². The molecule has 1 amide bonds. The highest BCUT2D eigenvalue weighted by Gasteiger charge is 2.22. The third-order valence-corrected chi connectivity index (χ3v) is 3.25. The Labute approximate surface area is 112 Å². The lowest BCUT2D eigenvalue weighted by Crippen LogP contribution is -2.32. The Kier molecular flexibility index (Phi) is 4.52. The van der Waals surface area contributed by atoms with Gasteiger partial charge in [-0.1, -0.05) is 18.2 Å². The predicted octanol–water partition coefficient (Wildman–Crippen LogP) is 1.73. The predicted molar refractivity (Wildman–Crippen MR) is 72.2 cm³/mol. The standard InChI is InChI=1S/C14H18N2O3/c1-19-14(18)16-11-6-3-2-5-10(11)9-13(17)12-7-4-8-15-12/h2-3,5-6,12,15H,4,7-9H2,1H3,(H,16,18)/t12-/m1/s1. The molecule has 1 heterocycles. The number of carbonyl (C=O) groups excluding carboxylic acids is 2. The second-order valence-electron chi connectivity index (χ2n) is 4.57. The van der Waals surface area contributed by atoms with Crippen molar-refractivity contribution in [1.82, 2.24) is 5.32 Å². The van der Waals surface area contributed by atoms with E-state index < -0.39 is 6.09 Å². The Hall–Kier alpha value is -1.88. The van der Waals surface area contributed by atoms with Crippen molar-refractivity contribution in [2.75, 3.05) is 19.0 Å². The van der Waals surface area contributed by atoms with Crippen LogP contribution >= 0.6 is 0 Å². The molecule has 0 radical (unpaired) electrons. The molecular weight excluding hydrogens is 244 g/mol. The number of nitrogens with one attached hydrogen (secondary N) is 2. The van der Waals surface area contributed by atoms with Gasteiger partial charge in [0.15, 0.2) is 5.78 Å². The van der Waals surface area contributed by atoms with Gasteiger partial charge in [0.1, 0.15) is 0 Å². The molecule has 1 aliphatic rings. The lowest BCUT2D eigenvalue weighted by molar-refractivity contribution is -0.120. The van der Waals surface area contributed by atoms with Crippen LogP contribution in [0.3, 0.4) is 0 Å². The van der Waals surface area contributed by atoms with Crippen molar-refractivity contribution < 1.29 is 14.3 Å². The van der Waals surface area contributed by atoms with Crippen LogP contribution in [0.4, 0.5) is 10.5 Å². The molecule has 0 aromatic heterocycles. The Morgan fingerprint density at radius 2 is 2.21 bits per heavy atom. The molecule has 1 saturated heterocycles. The zero-order chi connectivity index (χ0) is 13.7. The maximum atomic E-state index is 12.1. The molecule has 0 saturated carbocycles. The Balaban J connectivity index is 2.06. The van der Waals surface area contributed by atoms with Crippen molar-refractivity contribution in [2.45, 2.75) is 25.3 Å². The van der Waals surface area contributed by atoms with E-state index in [-0.39, 0.29) is 11.8 Å². The molecule has 102 valence electrons. The van der Waals surface area contributed by atoms with Crippen molar-refractivity contribution >= 4 is 17.6 Å². The molecule has 1 fully saturated rings. The number of methoxy groups -OCH3 is 1. The quantitative estimate of drug-likeness (QED) is 0.867. The SMILES string of the molecule is COC(=O)Nc1ccccc1CC(=O)[C@H]1CCCN1. The molecular formula is C14H18N2O3. The van der Waals surface area contributed by atoms with Gasteiger partial charge >= 0.3 is 6.09 Å². The normalized spacial score (nSPS) is 18.1. The molecule has 2 rings (SSSR count). The van der Waals surface area contributed by atoms with Crippen LogP contribution in [-0.2, 0) is 16.0 Å². The summed E-state index contributed by atoms with van der Waals surface area (Å²) in [6.45, 7) is 0.901. The number of ketones is 1. The summed E-state index contributed by atoms with van der Waals surface area (Å²) in [6.07, 6.45) is 1.72. The van der Waals surface area contributed by atoms with Crippen LogP contribution in [0.2, 0.25) is 0 Å². The highest BCUT2D eigenvalue weighted by molar-refractivity contribution is 5.90. The molecule has 2 N–H and O–H groups in total. The van der Waals surface area contributed by atoms with Gasteiger partial charge in [-0.3, -0.25) is 10.1 Å². The first-order chi connectivity index (χ1) is 9.20. The molecule has 1 aromatic carbocycles. The number of hydrogen-bond donors (Lipinski definition) is 2. The fraction of sp³-hybridized carbons (Fsp3) is 0.429. The van der Waals surface area contributed by atoms with Crippen molar-refractivity contribution in [2.24, 2.45) is 0 Å². The largest absolute Gasteiger partial charge is 0.453 e. The number of benzene rings is 1. The first kappa shape index (κ1) is 13.5. The van der Waals surface area contributed by atoms with Crippen LogP contribution in [0.5, 0.6) is 0 Å². The monoisotopic (exact) mass is 262 g/mol. The van der Waals surface area contributed by atoms with Gasteiger partial charge in [0.05, 0.1) is 13.2 Å². The van der Waals surface area contributed by atoms with Gasteiger partial charge in [-0.25, -0.2) is 4.79 Å². The van der Waals surface area contributed by atoms with Crippen LogP contribution in [0.25, 0.3) is 0 Å². The maximum absolute atomic E-state index is 12.1. The number of anilines is 1. The summed E-state index contributed by atoms with van der Waals surface area (Å²) in [6, 6.07) is 7.23. The van der Waals surface area contributed by atoms with E-state index in [4.69, 9.17) is 0 Å². The van der Waals surface area contributed by atoms with E-state index in [0.717, 1.165) is 24.9 Å². The third-order valence-electron chi connectivity index (χ3n) is 3.25. The van der Waals surface area contributed by atoms with Crippen LogP contribution in [0, 0.1) is 0 Å². The Morgan fingerprint density at radius 1 is 1.42 bits per heavy atom. The summed E-state index contributed by atoms with van der Waals surface area (Å²) in [4.78, 5) is 23.4. The molecule has 1 aliphatic heterocycles. The second kappa shape index (κ2) is 6.33. The number of carbonyl (C=O) groups is 2. The van der Waals surface area contributed by atoms with Crippen LogP contribution in [0.15, 0.2) is 24.3 Å². The first-order valence-corrected chi connectivity index (χ1v) is 6.39. The van der Waals surface area contributed by atoms with Gasteiger partial charge in [0, 0.05) is 12.1 Å². The van der Waals surface area contributed by atoms with Crippen molar-refractivity contribution in [3.8, 4) is 0 Å². The highest BCUT2D eigenvalue weighted by atomic mass is 16.5. The second-order valence-corrected chi connectivity index (χ2v) is 4.57. The summed E-state index contributed by atoms with van der Waals surface area (Å²) in [5, 5.41) is 5.81. The van der Waals surface area contributed by atoms with Crippen molar-refractivity contribution in [3.63, 3.8) is 0 Å². The van der Waals surface area contributed by atoms with Crippen molar-refractivity contribution in [3.05, 3.63) is 29.8 Å². The van der Waals surface area contributed by atoms with E-state index in [1.54, 1.807) is 6.07 Å². The van der Waals surface area contributed by atoms with Gasteiger partial charge in [-0.15, -0.1) is 0 Å². The molecule has 0 unspecified atom stereocenters. The number of rotatable bonds is 4. The molecule has 1 atom stereocenters. The van der Waals surface area contributed by atoms with Gasteiger partial charge in [-0.05, 0) is 31.0 Å². The van der Waals surface area contributed by atoms with Gasteiger partial charge in [0.25, 0.3) is 0 Å². The molecule has 5 nitrogen and oxygen atoms in total. The molecule has 1 aromatic rings. The van der Waals surface area contributed by atoms with Crippen LogP contribution < -0.4 is 10.6 Å². The summed E-state index contributed by atoms with van der Waals surface area (Å²) < 4.78 is 4.57. The van der Waals surface area contributed by atoms with Gasteiger partial charge in [-0.2, -0.15) is 0 Å². The minimum atomic E-state index is -0.529. The Bertz CT molecular complexity index is 468. The third kappa shape index (κ3) is 3.54.